The third kappa shape index (κ3) is 4.45. The fourth-order valence-corrected chi connectivity index (χ4v) is 9.36. The van der Waals surface area contributed by atoms with Gasteiger partial charge in [0.1, 0.15) is 0 Å². The zero-order valence-electron chi connectivity index (χ0n) is 29.7. The molecule has 1 atom stereocenters. The smallest absolute Gasteiger partial charge is 0.0725 e. The minimum atomic E-state index is -0.436. The van der Waals surface area contributed by atoms with Crippen LogP contribution in [0.5, 0.6) is 0 Å². The lowest BCUT2D eigenvalue weighted by atomic mass is 9.62. The van der Waals surface area contributed by atoms with Crippen LogP contribution in [0.3, 0.4) is 0 Å². The molecule has 252 valence electrons. The molecule has 9 aromatic carbocycles. The van der Waals surface area contributed by atoms with Crippen LogP contribution in [-0.2, 0) is 5.41 Å². The van der Waals surface area contributed by atoms with Crippen LogP contribution in [0.4, 0.5) is 17.1 Å². The van der Waals surface area contributed by atoms with Gasteiger partial charge in [-0.05, 0) is 114 Å². The quantitative estimate of drug-likeness (QED) is 0.168. The van der Waals surface area contributed by atoms with E-state index in [4.69, 9.17) is 0 Å². The fourth-order valence-electron chi connectivity index (χ4n) is 9.36. The number of hydrogen-bond donors (Lipinski definition) is 0. The van der Waals surface area contributed by atoms with E-state index in [-0.39, 0.29) is 0 Å². The first-order valence-corrected chi connectivity index (χ1v) is 18.8. The molecule has 11 rings (SSSR count). The van der Waals surface area contributed by atoms with Gasteiger partial charge in [0.25, 0.3) is 0 Å². The van der Waals surface area contributed by atoms with Gasteiger partial charge in [-0.3, -0.25) is 0 Å². The molecule has 2 aliphatic rings. The van der Waals surface area contributed by atoms with Crippen LogP contribution < -0.4 is 4.90 Å². The molecular weight excluding hydrogens is 651 g/mol. The Morgan fingerprint density at radius 1 is 0.315 bits per heavy atom. The van der Waals surface area contributed by atoms with E-state index in [1.54, 1.807) is 0 Å². The van der Waals surface area contributed by atoms with E-state index in [9.17, 15) is 0 Å². The molecule has 1 unspecified atom stereocenters. The highest BCUT2D eigenvalue weighted by Crippen LogP contribution is 2.63. The Labute approximate surface area is 316 Å². The van der Waals surface area contributed by atoms with Crippen LogP contribution in [-0.4, -0.2) is 0 Å². The summed E-state index contributed by atoms with van der Waals surface area (Å²) in [5, 5.41) is 2.63. The summed E-state index contributed by atoms with van der Waals surface area (Å²) in [5.41, 5.74) is 18.4. The highest BCUT2D eigenvalue weighted by molar-refractivity contribution is 6.11. The molecule has 0 fully saturated rings. The molecule has 0 N–H and O–H groups in total. The van der Waals surface area contributed by atoms with Gasteiger partial charge in [0.05, 0.1) is 5.41 Å². The molecule has 0 aromatic heterocycles. The second-order valence-corrected chi connectivity index (χ2v) is 14.4. The highest BCUT2D eigenvalue weighted by Gasteiger charge is 2.50. The molecule has 1 heteroatoms. The van der Waals surface area contributed by atoms with Crippen LogP contribution in [0.2, 0.25) is 0 Å². The van der Waals surface area contributed by atoms with Gasteiger partial charge in [-0.1, -0.05) is 176 Å². The van der Waals surface area contributed by atoms with E-state index in [2.05, 4.69) is 217 Å². The zero-order valence-corrected chi connectivity index (χ0v) is 29.7. The Morgan fingerprint density at radius 2 is 0.833 bits per heavy atom. The SMILES string of the molecule is c1ccc(-c2ccc(N(c3ccc(-c4ccccc4)cc3)c3ccc4c(c3)-c3cccc5ccc6c(c35)C4(c3ccccc3)c3ccccc3-6)cc2)cc1. The van der Waals surface area contributed by atoms with E-state index in [1.165, 1.54) is 77.5 Å². The summed E-state index contributed by atoms with van der Waals surface area (Å²) in [6.45, 7) is 0. The molecule has 0 aliphatic heterocycles. The summed E-state index contributed by atoms with van der Waals surface area (Å²) in [4.78, 5) is 2.41. The lowest BCUT2D eigenvalue weighted by Gasteiger charge is -2.40. The number of hydrogen-bond acceptors (Lipinski definition) is 1. The Kier molecular flexibility index (Phi) is 6.84. The van der Waals surface area contributed by atoms with E-state index in [0.717, 1.165) is 17.1 Å². The summed E-state index contributed by atoms with van der Waals surface area (Å²) in [7, 11) is 0. The molecule has 0 radical (unpaired) electrons. The van der Waals surface area contributed by atoms with Gasteiger partial charge < -0.3 is 4.90 Å². The maximum atomic E-state index is 2.45. The first-order chi connectivity index (χ1) is 26.8. The Balaban J connectivity index is 1.16. The van der Waals surface area contributed by atoms with Crippen molar-refractivity contribution in [3.8, 4) is 44.5 Å². The van der Waals surface area contributed by atoms with Crippen molar-refractivity contribution in [3.05, 3.63) is 235 Å². The molecule has 0 heterocycles. The largest absolute Gasteiger partial charge is 0.310 e. The van der Waals surface area contributed by atoms with Gasteiger partial charge in [-0.25, -0.2) is 0 Å². The minimum absolute atomic E-state index is 0.436. The molecule has 54 heavy (non-hydrogen) atoms. The monoisotopic (exact) mass is 685 g/mol. The zero-order chi connectivity index (χ0) is 35.6. The predicted octanol–water partition coefficient (Wildman–Crippen LogP) is 14.0. The van der Waals surface area contributed by atoms with Gasteiger partial charge in [0, 0.05) is 17.1 Å². The maximum absolute atomic E-state index is 2.45. The van der Waals surface area contributed by atoms with E-state index >= 15 is 0 Å². The van der Waals surface area contributed by atoms with Crippen LogP contribution in [0.15, 0.2) is 212 Å². The van der Waals surface area contributed by atoms with Crippen molar-refractivity contribution in [2.75, 3.05) is 4.90 Å². The highest BCUT2D eigenvalue weighted by atomic mass is 15.1. The van der Waals surface area contributed by atoms with Gasteiger partial charge in [-0.2, -0.15) is 0 Å². The van der Waals surface area contributed by atoms with Crippen molar-refractivity contribution in [3.63, 3.8) is 0 Å². The van der Waals surface area contributed by atoms with Crippen molar-refractivity contribution >= 4 is 27.8 Å². The van der Waals surface area contributed by atoms with E-state index in [0.29, 0.717) is 0 Å². The molecule has 0 amide bonds. The normalized spacial score (nSPS) is 14.7. The third-order valence-electron chi connectivity index (χ3n) is 11.7. The Bertz CT molecular complexity index is 2760. The lowest BCUT2D eigenvalue weighted by Crippen LogP contribution is -2.31. The average Bonchev–Trinajstić information content (AvgIpc) is 3.57. The summed E-state index contributed by atoms with van der Waals surface area (Å²) in [6, 6.07) is 78.2. The van der Waals surface area contributed by atoms with Crippen molar-refractivity contribution in [2.45, 2.75) is 5.41 Å². The van der Waals surface area contributed by atoms with Crippen molar-refractivity contribution in [1.82, 2.24) is 0 Å². The second-order valence-electron chi connectivity index (χ2n) is 14.4. The predicted molar refractivity (Wildman–Crippen MR) is 226 cm³/mol. The molecular formula is C53H35N. The first-order valence-electron chi connectivity index (χ1n) is 18.8. The van der Waals surface area contributed by atoms with Crippen molar-refractivity contribution < 1.29 is 0 Å². The van der Waals surface area contributed by atoms with E-state index in [1.807, 2.05) is 0 Å². The number of nitrogens with zero attached hydrogens (tertiary/aromatic N) is 1. The molecule has 0 spiro atoms. The van der Waals surface area contributed by atoms with Crippen LogP contribution in [0, 0.1) is 0 Å². The van der Waals surface area contributed by atoms with Crippen molar-refractivity contribution in [2.24, 2.45) is 0 Å². The summed E-state index contributed by atoms with van der Waals surface area (Å²) >= 11 is 0. The van der Waals surface area contributed by atoms with Gasteiger partial charge >= 0.3 is 0 Å². The topological polar surface area (TPSA) is 3.24 Å². The molecule has 0 saturated carbocycles. The number of fused-ring (bicyclic) bond motifs is 6. The first kappa shape index (κ1) is 30.6. The third-order valence-corrected chi connectivity index (χ3v) is 11.7. The van der Waals surface area contributed by atoms with Gasteiger partial charge in [0.2, 0.25) is 0 Å². The standard InChI is InChI=1S/C53H35N/c1-4-13-36(14-5-1)38-23-28-42(29-24-38)54(43-30-25-39(26-31-43)37-15-6-2-7-16-37)44-32-34-50-48(35-44)46-21-12-17-40-27-33-47-45-20-10-11-22-49(45)53(50,52(47)51(40)46)41-18-8-3-9-19-41/h1-35H. The van der Waals surface area contributed by atoms with Crippen LogP contribution >= 0.6 is 0 Å². The number of rotatable bonds is 6. The lowest BCUT2D eigenvalue weighted by molar-refractivity contribution is 0.773. The van der Waals surface area contributed by atoms with Crippen molar-refractivity contribution in [1.29, 1.82) is 0 Å². The number of anilines is 3. The molecule has 9 aromatic rings. The summed E-state index contributed by atoms with van der Waals surface area (Å²) in [6.07, 6.45) is 0. The minimum Gasteiger partial charge on any atom is -0.310 e. The molecule has 2 aliphatic carbocycles. The average molecular weight is 686 g/mol. The van der Waals surface area contributed by atoms with Gasteiger partial charge in [0.15, 0.2) is 0 Å². The van der Waals surface area contributed by atoms with Crippen LogP contribution in [0.25, 0.3) is 55.3 Å². The Morgan fingerprint density at radius 3 is 1.48 bits per heavy atom. The van der Waals surface area contributed by atoms with Gasteiger partial charge in [-0.15, -0.1) is 0 Å². The molecule has 0 saturated heterocycles. The molecule has 0 bridgehead atoms. The fraction of sp³-hybridized carbons (Fsp3) is 0.0189. The summed E-state index contributed by atoms with van der Waals surface area (Å²) < 4.78 is 0. The maximum Gasteiger partial charge on any atom is 0.0725 e. The summed E-state index contributed by atoms with van der Waals surface area (Å²) in [5.74, 6) is 0. The number of benzene rings is 9. The molecule has 1 nitrogen and oxygen atoms in total. The van der Waals surface area contributed by atoms with E-state index < -0.39 is 5.41 Å². The Hall–Kier alpha value is -6.96. The van der Waals surface area contributed by atoms with Crippen LogP contribution in [0.1, 0.15) is 22.3 Å². The second kappa shape index (κ2) is 12.0.